The second kappa shape index (κ2) is 3.12. The van der Waals surface area contributed by atoms with Gasteiger partial charge in [0.15, 0.2) is 5.78 Å². The van der Waals surface area contributed by atoms with Crippen LogP contribution in [0.4, 0.5) is 13.2 Å². The molecule has 5 heteroatoms. The van der Waals surface area contributed by atoms with Crippen LogP contribution in [-0.4, -0.2) is 12.0 Å². The van der Waals surface area contributed by atoms with Crippen molar-refractivity contribution in [2.45, 2.75) is 25.9 Å². The van der Waals surface area contributed by atoms with Crippen LogP contribution in [0.1, 0.15) is 28.1 Å². The van der Waals surface area contributed by atoms with Crippen LogP contribution < -0.4 is 0 Å². The Hall–Kier alpha value is -1.26. The Labute approximate surface area is 84.1 Å². The van der Waals surface area contributed by atoms with Crippen LogP contribution in [0.25, 0.3) is 0 Å². The van der Waals surface area contributed by atoms with Crippen molar-refractivity contribution in [1.29, 1.82) is 0 Å². The molecule has 0 bridgehead atoms. The van der Waals surface area contributed by atoms with Gasteiger partial charge in [0, 0.05) is 12.8 Å². The van der Waals surface area contributed by atoms with Crippen molar-refractivity contribution >= 4 is 5.78 Å². The lowest BCUT2D eigenvalue weighted by Gasteiger charge is -2.22. The Balaban J connectivity index is 2.36. The number of alkyl halides is 3. The molecule has 0 aromatic carbocycles. The zero-order valence-electron chi connectivity index (χ0n) is 8.02. The predicted molar refractivity (Wildman–Crippen MR) is 45.6 cm³/mol. The lowest BCUT2D eigenvalue weighted by Crippen LogP contribution is -2.31. The molecule has 2 rings (SSSR count). The van der Waals surface area contributed by atoms with E-state index in [2.05, 4.69) is 0 Å². The van der Waals surface area contributed by atoms with Crippen molar-refractivity contribution < 1.29 is 22.4 Å². The zero-order chi connectivity index (χ0) is 11.2. The summed E-state index contributed by atoms with van der Waals surface area (Å²) in [4.78, 5) is 11.5. The minimum Gasteiger partial charge on any atom is -0.468 e. The van der Waals surface area contributed by atoms with Crippen molar-refractivity contribution in [1.82, 2.24) is 0 Å². The van der Waals surface area contributed by atoms with Gasteiger partial charge in [-0.2, -0.15) is 13.2 Å². The molecule has 0 saturated heterocycles. The fourth-order valence-electron chi connectivity index (χ4n) is 1.88. The third-order valence-corrected chi connectivity index (χ3v) is 2.66. The summed E-state index contributed by atoms with van der Waals surface area (Å²) < 4.78 is 42.2. The van der Waals surface area contributed by atoms with Gasteiger partial charge in [0.1, 0.15) is 5.76 Å². The maximum absolute atomic E-state index is 12.4. The molecule has 1 heterocycles. The summed E-state index contributed by atoms with van der Waals surface area (Å²) in [6.45, 7) is 1.66. The molecule has 0 amide bonds. The number of ketones is 1. The first-order valence-electron chi connectivity index (χ1n) is 4.56. The quantitative estimate of drug-likeness (QED) is 0.670. The Bertz CT molecular complexity index is 403. The van der Waals surface area contributed by atoms with Gasteiger partial charge in [-0.05, 0) is 12.5 Å². The predicted octanol–water partition coefficient (Wildman–Crippen LogP) is 2.90. The largest absolute Gasteiger partial charge is 0.468 e. The van der Waals surface area contributed by atoms with Gasteiger partial charge < -0.3 is 4.42 Å². The van der Waals surface area contributed by atoms with Gasteiger partial charge in [0.25, 0.3) is 0 Å². The lowest BCUT2D eigenvalue weighted by atomic mass is 9.86. The van der Waals surface area contributed by atoms with Crippen molar-refractivity contribution in [3.63, 3.8) is 0 Å². The molecule has 1 aliphatic carbocycles. The van der Waals surface area contributed by atoms with Gasteiger partial charge in [0.05, 0.1) is 17.7 Å². The topological polar surface area (TPSA) is 30.2 Å². The molecule has 15 heavy (non-hydrogen) atoms. The Morgan fingerprint density at radius 2 is 2.07 bits per heavy atom. The molecule has 0 saturated carbocycles. The molecule has 0 aliphatic heterocycles. The van der Waals surface area contributed by atoms with E-state index in [9.17, 15) is 18.0 Å². The average molecular weight is 218 g/mol. The second-order valence-corrected chi connectivity index (χ2v) is 3.79. The van der Waals surface area contributed by atoms with Crippen molar-refractivity contribution in [3.05, 3.63) is 23.2 Å². The van der Waals surface area contributed by atoms with Crippen LogP contribution in [0.5, 0.6) is 0 Å². The van der Waals surface area contributed by atoms with E-state index in [1.807, 2.05) is 0 Å². The fourth-order valence-corrected chi connectivity index (χ4v) is 1.88. The lowest BCUT2D eigenvalue weighted by molar-refractivity contribution is -0.174. The number of fused-ring (bicyclic) bond motifs is 1. The summed E-state index contributed by atoms with van der Waals surface area (Å²) in [5.74, 6) is -1.89. The third-order valence-electron chi connectivity index (χ3n) is 2.66. The molecular weight excluding hydrogens is 209 g/mol. The highest BCUT2D eigenvalue weighted by Gasteiger charge is 2.45. The van der Waals surface area contributed by atoms with Crippen LogP contribution in [0.15, 0.2) is 10.7 Å². The van der Waals surface area contributed by atoms with E-state index in [1.54, 1.807) is 6.92 Å². The van der Waals surface area contributed by atoms with Gasteiger partial charge in [-0.3, -0.25) is 4.79 Å². The molecule has 1 aromatic heterocycles. The third kappa shape index (κ3) is 1.66. The first-order chi connectivity index (χ1) is 6.89. The second-order valence-electron chi connectivity index (χ2n) is 3.79. The summed E-state index contributed by atoms with van der Waals surface area (Å²) >= 11 is 0. The maximum Gasteiger partial charge on any atom is 0.392 e. The van der Waals surface area contributed by atoms with Crippen LogP contribution in [-0.2, 0) is 6.42 Å². The number of Topliss-reactive ketones (excluding diaryl/α,β-unsaturated/α-hetero) is 1. The number of hydrogen-bond donors (Lipinski definition) is 0. The van der Waals surface area contributed by atoms with E-state index in [-0.39, 0.29) is 12.2 Å². The number of carbonyl (C=O) groups is 1. The summed E-state index contributed by atoms with van der Waals surface area (Å²) in [6, 6.07) is 0. The van der Waals surface area contributed by atoms with Gasteiger partial charge >= 0.3 is 6.18 Å². The van der Waals surface area contributed by atoms with E-state index in [0.29, 0.717) is 11.1 Å². The average Bonchev–Trinajstić information content (AvgIpc) is 2.46. The summed E-state index contributed by atoms with van der Waals surface area (Å²) in [5, 5.41) is 0. The first-order valence-corrected chi connectivity index (χ1v) is 4.56. The molecule has 0 spiro atoms. The number of furan rings is 1. The number of aryl methyl sites for hydroxylation is 1. The van der Waals surface area contributed by atoms with Gasteiger partial charge in [-0.25, -0.2) is 0 Å². The van der Waals surface area contributed by atoms with Crippen LogP contribution in [0.2, 0.25) is 0 Å². The number of hydrogen-bond acceptors (Lipinski definition) is 2. The molecule has 1 aliphatic rings. The molecule has 0 N–H and O–H groups in total. The number of halogens is 3. The van der Waals surface area contributed by atoms with E-state index in [4.69, 9.17) is 4.42 Å². The molecule has 0 unspecified atom stereocenters. The summed E-state index contributed by atoms with van der Waals surface area (Å²) in [6.07, 6.45) is -3.68. The minimum atomic E-state index is -4.33. The fraction of sp³-hybridized carbons (Fsp3) is 0.500. The Morgan fingerprint density at radius 3 is 2.67 bits per heavy atom. The van der Waals surface area contributed by atoms with E-state index in [0.717, 1.165) is 0 Å². The molecular formula is C10H9F3O2. The molecule has 0 fully saturated rings. The van der Waals surface area contributed by atoms with Crippen molar-refractivity contribution in [3.8, 4) is 0 Å². The van der Waals surface area contributed by atoms with Gasteiger partial charge in [0.2, 0.25) is 0 Å². The SMILES string of the molecule is Cc1coc2c1C(=O)C[C@H](C(F)(F)F)C2. The van der Waals surface area contributed by atoms with Crippen molar-refractivity contribution in [2.24, 2.45) is 5.92 Å². The van der Waals surface area contributed by atoms with E-state index >= 15 is 0 Å². The number of rotatable bonds is 0. The highest BCUT2D eigenvalue weighted by molar-refractivity contribution is 5.99. The van der Waals surface area contributed by atoms with Crippen LogP contribution in [0, 0.1) is 12.8 Å². The normalized spacial score (nSPS) is 21.6. The standard InChI is InChI=1S/C10H9F3O2/c1-5-4-15-8-3-6(10(11,12)13)2-7(14)9(5)8/h4,6H,2-3H2,1H3/t6-/m0/s1. The molecule has 1 atom stereocenters. The van der Waals surface area contributed by atoms with Gasteiger partial charge in [-0.1, -0.05) is 0 Å². The van der Waals surface area contributed by atoms with Crippen LogP contribution >= 0.6 is 0 Å². The smallest absolute Gasteiger partial charge is 0.392 e. The summed E-state index contributed by atoms with van der Waals surface area (Å²) in [7, 11) is 0. The monoisotopic (exact) mass is 218 g/mol. The van der Waals surface area contributed by atoms with E-state index in [1.165, 1.54) is 6.26 Å². The molecule has 0 radical (unpaired) electrons. The summed E-state index contributed by atoms with van der Waals surface area (Å²) in [5.41, 5.74) is 0.964. The van der Waals surface area contributed by atoms with Crippen molar-refractivity contribution in [2.75, 3.05) is 0 Å². The highest BCUT2D eigenvalue weighted by atomic mass is 19.4. The Morgan fingerprint density at radius 1 is 1.40 bits per heavy atom. The minimum absolute atomic E-state index is 0.172. The Kier molecular flexibility index (Phi) is 2.13. The molecule has 82 valence electrons. The van der Waals surface area contributed by atoms with Crippen LogP contribution in [0.3, 0.4) is 0 Å². The number of carbonyl (C=O) groups excluding carboxylic acids is 1. The zero-order valence-corrected chi connectivity index (χ0v) is 8.02. The molecule has 2 nitrogen and oxygen atoms in total. The highest BCUT2D eigenvalue weighted by Crippen LogP contribution is 2.38. The maximum atomic E-state index is 12.4. The first kappa shape index (κ1) is 10.3. The van der Waals surface area contributed by atoms with E-state index < -0.39 is 24.3 Å². The van der Waals surface area contributed by atoms with Gasteiger partial charge in [-0.15, -0.1) is 0 Å². The molecule has 1 aromatic rings.